The highest BCUT2D eigenvalue weighted by Gasteiger charge is 2.39. The fraction of sp³-hybridized carbons (Fsp3) is 1.00. The summed E-state index contributed by atoms with van der Waals surface area (Å²) < 4.78 is 0. The summed E-state index contributed by atoms with van der Waals surface area (Å²) in [4.78, 5) is 5.01. The molecule has 1 fully saturated rings. The summed E-state index contributed by atoms with van der Waals surface area (Å²) in [5, 5.41) is 0. The average Bonchev–Trinajstić information content (AvgIpc) is 2.09. The van der Waals surface area contributed by atoms with Crippen LogP contribution in [0.4, 0.5) is 0 Å². The average molecular weight is 212 g/mol. The van der Waals surface area contributed by atoms with Crippen molar-refractivity contribution in [1.82, 2.24) is 9.80 Å². The summed E-state index contributed by atoms with van der Waals surface area (Å²) in [7, 11) is 2.23. The molecule has 0 unspecified atom stereocenters. The van der Waals surface area contributed by atoms with Crippen molar-refractivity contribution in [1.29, 1.82) is 0 Å². The number of hydrogen-bond acceptors (Lipinski definition) is 2. The van der Waals surface area contributed by atoms with Crippen LogP contribution in [0, 0.1) is 5.41 Å². The summed E-state index contributed by atoms with van der Waals surface area (Å²) in [5.41, 5.74) is 0.577. The number of likely N-dealkylation sites (tertiary alicyclic amines) is 1. The van der Waals surface area contributed by atoms with E-state index in [9.17, 15) is 0 Å². The first-order chi connectivity index (χ1) is 6.84. The number of rotatable bonds is 5. The van der Waals surface area contributed by atoms with Crippen LogP contribution in [-0.2, 0) is 0 Å². The molecule has 0 aromatic rings. The van der Waals surface area contributed by atoms with Crippen molar-refractivity contribution in [3.8, 4) is 0 Å². The van der Waals surface area contributed by atoms with Gasteiger partial charge in [-0.1, -0.05) is 6.92 Å². The SMILES string of the molecule is CC(C)N(C)CCC1(C)CN(C(C)C)C1. The van der Waals surface area contributed by atoms with Gasteiger partial charge < -0.3 is 4.90 Å². The predicted octanol–water partition coefficient (Wildman–Crippen LogP) is 2.45. The first kappa shape index (κ1) is 13.0. The minimum atomic E-state index is 0.577. The van der Waals surface area contributed by atoms with Crippen LogP contribution in [-0.4, -0.2) is 48.6 Å². The first-order valence-electron chi connectivity index (χ1n) is 6.28. The van der Waals surface area contributed by atoms with E-state index in [0.29, 0.717) is 11.5 Å². The zero-order valence-electron chi connectivity index (χ0n) is 11.4. The van der Waals surface area contributed by atoms with E-state index in [1.807, 2.05) is 0 Å². The van der Waals surface area contributed by atoms with E-state index in [4.69, 9.17) is 0 Å². The number of hydrogen-bond donors (Lipinski definition) is 0. The predicted molar refractivity (Wildman–Crippen MR) is 67.2 cm³/mol. The van der Waals surface area contributed by atoms with E-state index in [-0.39, 0.29) is 0 Å². The van der Waals surface area contributed by atoms with Crippen LogP contribution in [0.1, 0.15) is 41.0 Å². The molecule has 0 N–H and O–H groups in total. The van der Waals surface area contributed by atoms with Gasteiger partial charge in [-0.15, -0.1) is 0 Å². The van der Waals surface area contributed by atoms with Gasteiger partial charge in [0.25, 0.3) is 0 Å². The molecule has 0 saturated carbocycles. The van der Waals surface area contributed by atoms with E-state index in [1.54, 1.807) is 0 Å². The molecule has 90 valence electrons. The summed E-state index contributed by atoms with van der Waals surface area (Å²) in [5.74, 6) is 0. The maximum absolute atomic E-state index is 2.56. The van der Waals surface area contributed by atoms with Gasteiger partial charge in [-0.3, -0.25) is 4.90 Å². The van der Waals surface area contributed by atoms with Crippen LogP contribution in [0.5, 0.6) is 0 Å². The third-order valence-electron chi connectivity index (χ3n) is 3.85. The lowest BCUT2D eigenvalue weighted by molar-refractivity contribution is -0.0198. The third kappa shape index (κ3) is 3.46. The summed E-state index contributed by atoms with van der Waals surface area (Å²) in [6, 6.07) is 1.40. The van der Waals surface area contributed by atoms with Gasteiger partial charge in [-0.25, -0.2) is 0 Å². The van der Waals surface area contributed by atoms with Crippen LogP contribution < -0.4 is 0 Å². The van der Waals surface area contributed by atoms with Crippen LogP contribution in [0.3, 0.4) is 0 Å². The molecular formula is C13H28N2. The molecule has 1 aliphatic rings. The largest absolute Gasteiger partial charge is 0.304 e. The molecule has 15 heavy (non-hydrogen) atoms. The van der Waals surface area contributed by atoms with Gasteiger partial charge in [-0.05, 0) is 53.1 Å². The molecule has 0 spiro atoms. The zero-order chi connectivity index (χ0) is 11.6. The highest BCUT2D eigenvalue weighted by Crippen LogP contribution is 2.34. The minimum Gasteiger partial charge on any atom is -0.304 e. The molecule has 0 aromatic carbocycles. The molecule has 1 heterocycles. The van der Waals surface area contributed by atoms with E-state index < -0.39 is 0 Å². The molecule has 0 atom stereocenters. The highest BCUT2D eigenvalue weighted by molar-refractivity contribution is 4.93. The van der Waals surface area contributed by atoms with Crippen molar-refractivity contribution >= 4 is 0 Å². The normalized spacial score (nSPS) is 21.4. The molecule has 0 radical (unpaired) electrons. The fourth-order valence-electron chi connectivity index (χ4n) is 2.16. The van der Waals surface area contributed by atoms with Gasteiger partial charge in [0.1, 0.15) is 0 Å². The van der Waals surface area contributed by atoms with Crippen molar-refractivity contribution in [3.05, 3.63) is 0 Å². The molecule has 1 saturated heterocycles. The van der Waals surface area contributed by atoms with E-state index in [2.05, 4.69) is 51.5 Å². The lowest BCUT2D eigenvalue weighted by Gasteiger charge is -2.51. The van der Waals surface area contributed by atoms with E-state index in [0.717, 1.165) is 6.04 Å². The monoisotopic (exact) mass is 212 g/mol. The maximum atomic E-state index is 2.56. The van der Waals surface area contributed by atoms with E-state index in [1.165, 1.54) is 26.1 Å². The second kappa shape index (κ2) is 4.84. The second-order valence-corrected chi connectivity index (χ2v) is 6.13. The first-order valence-corrected chi connectivity index (χ1v) is 6.28. The Morgan fingerprint density at radius 1 is 1.20 bits per heavy atom. The van der Waals surface area contributed by atoms with Gasteiger partial charge in [0.2, 0.25) is 0 Å². The Balaban J connectivity index is 2.23. The van der Waals surface area contributed by atoms with E-state index >= 15 is 0 Å². The van der Waals surface area contributed by atoms with Gasteiger partial charge in [-0.2, -0.15) is 0 Å². The topological polar surface area (TPSA) is 6.48 Å². The van der Waals surface area contributed by atoms with Crippen LogP contribution >= 0.6 is 0 Å². The molecule has 1 aliphatic heterocycles. The third-order valence-corrected chi connectivity index (χ3v) is 3.85. The molecular weight excluding hydrogens is 184 g/mol. The van der Waals surface area contributed by atoms with Gasteiger partial charge in [0, 0.05) is 25.2 Å². The van der Waals surface area contributed by atoms with Crippen LogP contribution in [0.2, 0.25) is 0 Å². The Bertz CT molecular complexity index is 193. The standard InChI is InChI=1S/C13H28N2/c1-11(2)14(6)8-7-13(5)9-15(10-13)12(3)4/h11-12H,7-10H2,1-6H3. The molecule has 1 rings (SSSR count). The number of nitrogens with zero attached hydrogens (tertiary/aromatic N) is 2. The lowest BCUT2D eigenvalue weighted by atomic mass is 9.78. The van der Waals surface area contributed by atoms with Gasteiger partial charge in [0.05, 0.1) is 0 Å². The lowest BCUT2D eigenvalue weighted by Crippen LogP contribution is -2.57. The summed E-state index contributed by atoms with van der Waals surface area (Å²) >= 11 is 0. The van der Waals surface area contributed by atoms with Crippen molar-refractivity contribution in [3.63, 3.8) is 0 Å². The van der Waals surface area contributed by atoms with Crippen LogP contribution in [0.15, 0.2) is 0 Å². The Morgan fingerprint density at radius 2 is 1.73 bits per heavy atom. The second-order valence-electron chi connectivity index (χ2n) is 6.13. The van der Waals surface area contributed by atoms with Crippen molar-refractivity contribution in [2.24, 2.45) is 5.41 Å². The molecule has 0 aromatic heterocycles. The Morgan fingerprint density at radius 3 is 2.13 bits per heavy atom. The molecule has 0 aliphatic carbocycles. The minimum absolute atomic E-state index is 0.577. The Labute approximate surface area is 95.6 Å². The van der Waals surface area contributed by atoms with Gasteiger partial charge in [0.15, 0.2) is 0 Å². The smallest absolute Gasteiger partial charge is 0.00510 e. The molecule has 0 bridgehead atoms. The Hall–Kier alpha value is -0.0800. The van der Waals surface area contributed by atoms with Gasteiger partial charge >= 0.3 is 0 Å². The summed E-state index contributed by atoms with van der Waals surface area (Å²) in [6.07, 6.45) is 1.34. The van der Waals surface area contributed by atoms with Crippen molar-refractivity contribution in [2.75, 3.05) is 26.7 Å². The highest BCUT2D eigenvalue weighted by atomic mass is 15.2. The molecule has 0 amide bonds. The molecule has 2 nitrogen and oxygen atoms in total. The van der Waals surface area contributed by atoms with Crippen LogP contribution in [0.25, 0.3) is 0 Å². The molecule has 2 heteroatoms. The quantitative estimate of drug-likeness (QED) is 0.690. The Kier molecular flexibility index (Phi) is 4.19. The maximum Gasteiger partial charge on any atom is 0.00510 e. The van der Waals surface area contributed by atoms with Crippen molar-refractivity contribution < 1.29 is 0 Å². The zero-order valence-corrected chi connectivity index (χ0v) is 11.4. The van der Waals surface area contributed by atoms with Crippen molar-refractivity contribution in [2.45, 2.75) is 53.1 Å². The summed E-state index contributed by atoms with van der Waals surface area (Å²) in [6.45, 7) is 15.4. The fourth-order valence-corrected chi connectivity index (χ4v) is 2.16.